The van der Waals surface area contributed by atoms with Crippen molar-refractivity contribution in [2.45, 2.75) is 13.5 Å². The van der Waals surface area contributed by atoms with Crippen molar-refractivity contribution in [2.75, 3.05) is 0 Å². The second kappa shape index (κ2) is 7.47. The Morgan fingerprint density at radius 3 is 2.10 bits per heavy atom. The van der Waals surface area contributed by atoms with Crippen LogP contribution in [0.4, 0.5) is 4.79 Å². The first-order valence-electron chi connectivity index (χ1n) is 9.82. The van der Waals surface area contributed by atoms with Crippen LogP contribution in [0.15, 0.2) is 83.8 Å². The number of nitrogens with zero attached hydrogens (tertiary/aromatic N) is 1. The van der Waals surface area contributed by atoms with Crippen molar-refractivity contribution in [3.63, 3.8) is 0 Å². The summed E-state index contributed by atoms with van der Waals surface area (Å²) in [6, 6.07) is 26.3. The van der Waals surface area contributed by atoms with Gasteiger partial charge in [-0.2, -0.15) is 0 Å². The van der Waals surface area contributed by atoms with Gasteiger partial charge in [0.2, 0.25) is 0 Å². The molecule has 30 heavy (non-hydrogen) atoms. The fourth-order valence-corrected chi connectivity index (χ4v) is 4.75. The molecule has 0 saturated carbocycles. The predicted molar refractivity (Wildman–Crippen MR) is 124 cm³/mol. The third-order valence-corrected chi connectivity index (χ3v) is 6.46. The molecule has 0 N–H and O–H groups in total. The van der Waals surface area contributed by atoms with E-state index in [0.29, 0.717) is 11.4 Å². The number of amides is 2. The van der Waals surface area contributed by atoms with Crippen LogP contribution in [0.2, 0.25) is 0 Å². The van der Waals surface area contributed by atoms with Gasteiger partial charge in [-0.3, -0.25) is 14.5 Å². The van der Waals surface area contributed by atoms with Gasteiger partial charge in [0.05, 0.1) is 11.4 Å². The molecule has 4 aromatic rings. The highest BCUT2D eigenvalue weighted by atomic mass is 32.2. The summed E-state index contributed by atoms with van der Waals surface area (Å²) in [5.41, 5.74) is 3.03. The molecule has 4 aromatic carbocycles. The number of aryl methyl sites for hydroxylation is 1. The molecule has 1 aliphatic rings. The third kappa shape index (κ3) is 3.19. The van der Waals surface area contributed by atoms with Crippen LogP contribution in [0.1, 0.15) is 16.7 Å². The molecule has 0 radical (unpaired) electrons. The van der Waals surface area contributed by atoms with Crippen LogP contribution < -0.4 is 0 Å². The van der Waals surface area contributed by atoms with Crippen molar-refractivity contribution >= 4 is 50.5 Å². The number of carbonyl (C=O) groups is 2. The van der Waals surface area contributed by atoms with E-state index in [1.54, 1.807) is 0 Å². The highest BCUT2D eigenvalue weighted by Gasteiger charge is 2.35. The maximum Gasteiger partial charge on any atom is 0.293 e. The highest BCUT2D eigenvalue weighted by Crippen LogP contribution is 2.37. The minimum absolute atomic E-state index is 0.223. The lowest BCUT2D eigenvalue weighted by Crippen LogP contribution is -2.27. The first kappa shape index (κ1) is 18.6. The Balaban J connectivity index is 1.60. The predicted octanol–water partition coefficient (Wildman–Crippen LogP) is 6.54. The lowest BCUT2D eigenvalue weighted by Gasteiger charge is -2.14. The monoisotopic (exact) mass is 409 g/mol. The van der Waals surface area contributed by atoms with Crippen LogP contribution in [0, 0.1) is 6.92 Å². The van der Waals surface area contributed by atoms with E-state index in [1.807, 2.05) is 61.5 Å². The van der Waals surface area contributed by atoms with E-state index < -0.39 is 0 Å². The molecule has 2 amide bonds. The molecular weight excluding hydrogens is 390 g/mol. The molecule has 1 saturated heterocycles. The lowest BCUT2D eigenvalue weighted by molar-refractivity contribution is -0.123. The molecule has 1 heterocycles. The summed E-state index contributed by atoms with van der Waals surface area (Å²) in [6.45, 7) is 2.29. The number of benzene rings is 4. The van der Waals surface area contributed by atoms with Gasteiger partial charge in [0.15, 0.2) is 0 Å². The van der Waals surface area contributed by atoms with Gasteiger partial charge in [-0.15, -0.1) is 0 Å². The Morgan fingerprint density at radius 2 is 1.43 bits per heavy atom. The standard InChI is InChI=1S/C26H19NO2S/c1-17-8-2-3-11-20(17)16-27-25(28)24(30-26(27)29)15-23-21-12-6-4-9-18(21)14-19-10-5-7-13-22(19)23/h2-15H,16H2,1H3/b24-15-. The van der Waals surface area contributed by atoms with Gasteiger partial charge in [-0.1, -0.05) is 72.8 Å². The molecule has 3 nitrogen and oxygen atoms in total. The van der Waals surface area contributed by atoms with Gasteiger partial charge in [-0.25, -0.2) is 0 Å². The Labute approximate surface area is 179 Å². The summed E-state index contributed by atoms with van der Waals surface area (Å²) in [7, 11) is 0. The number of hydrogen-bond donors (Lipinski definition) is 0. The number of carbonyl (C=O) groups excluding carboxylic acids is 2. The second-order valence-electron chi connectivity index (χ2n) is 7.43. The highest BCUT2D eigenvalue weighted by molar-refractivity contribution is 8.18. The lowest BCUT2D eigenvalue weighted by atomic mass is 9.96. The Bertz CT molecular complexity index is 1300. The van der Waals surface area contributed by atoms with E-state index in [2.05, 4.69) is 30.3 Å². The molecule has 1 aliphatic heterocycles. The Hall–Kier alpha value is -3.37. The largest absolute Gasteiger partial charge is 0.293 e. The van der Waals surface area contributed by atoms with Gasteiger partial charge in [-0.05, 0) is 69.1 Å². The molecule has 0 unspecified atom stereocenters. The zero-order chi connectivity index (χ0) is 20.7. The normalized spacial score (nSPS) is 15.6. The van der Waals surface area contributed by atoms with Gasteiger partial charge >= 0.3 is 0 Å². The van der Waals surface area contributed by atoms with Crippen molar-refractivity contribution in [3.05, 3.63) is 100 Å². The average molecular weight is 410 g/mol. The van der Waals surface area contributed by atoms with Crippen LogP contribution >= 0.6 is 11.8 Å². The molecule has 0 aromatic heterocycles. The first-order valence-corrected chi connectivity index (χ1v) is 10.6. The maximum absolute atomic E-state index is 13.1. The number of rotatable bonds is 3. The zero-order valence-electron chi connectivity index (χ0n) is 16.5. The molecule has 0 atom stereocenters. The van der Waals surface area contributed by atoms with Crippen LogP contribution in [-0.4, -0.2) is 16.0 Å². The Kier molecular flexibility index (Phi) is 4.64. The third-order valence-electron chi connectivity index (χ3n) is 5.55. The summed E-state index contributed by atoms with van der Waals surface area (Å²) in [6.07, 6.45) is 1.88. The smallest absolute Gasteiger partial charge is 0.268 e. The summed E-state index contributed by atoms with van der Waals surface area (Å²) < 4.78 is 0. The number of thioether (sulfide) groups is 1. The van der Waals surface area contributed by atoms with E-state index in [9.17, 15) is 9.59 Å². The molecule has 146 valence electrons. The second-order valence-corrected chi connectivity index (χ2v) is 8.42. The maximum atomic E-state index is 13.1. The van der Waals surface area contributed by atoms with Crippen molar-refractivity contribution in [1.82, 2.24) is 4.90 Å². The van der Waals surface area contributed by atoms with Crippen molar-refractivity contribution in [2.24, 2.45) is 0 Å². The molecule has 5 rings (SSSR count). The van der Waals surface area contributed by atoms with E-state index in [-0.39, 0.29) is 11.1 Å². The number of imide groups is 1. The topological polar surface area (TPSA) is 37.4 Å². The first-order chi connectivity index (χ1) is 14.6. The van der Waals surface area contributed by atoms with Crippen molar-refractivity contribution < 1.29 is 9.59 Å². The SMILES string of the molecule is Cc1ccccc1CN1C(=O)S/C(=C\c2c3ccccc3cc3ccccc23)C1=O. The van der Waals surface area contributed by atoms with E-state index >= 15 is 0 Å². The minimum Gasteiger partial charge on any atom is -0.268 e. The molecule has 0 spiro atoms. The van der Waals surface area contributed by atoms with Gasteiger partial charge in [0.1, 0.15) is 0 Å². The number of fused-ring (bicyclic) bond motifs is 2. The average Bonchev–Trinajstić information content (AvgIpc) is 3.02. The van der Waals surface area contributed by atoms with E-state index in [4.69, 9.17) is 0 Å². The van der Waals surface area contributed by atoms with Crippen molar-refractivity contribution in [3.8, 4) is 0 Å². The molecule has 4 heteroatoms. The van der Waals surface area contributed by atoms with Gasteiger partial charge in [0, 0.05) is 0 Å². The van der Waals surface area contributed by atoms with Crippen LogP contribution in [-0.2, 0) is 11.3 Å². The fraction of sp³-hybridized carbons (Fsp3) is 0.0769. The summed E-state index contributed by atoms with van der Waals surface area (Å²) in [4.78, 5) is 27.6. The van der Waals surface area contributed by atoms with Crippen molar-refractivity contribution in [1.29, 1.82) is 0 Å². The molecule has 1 fully saturated rings. The van der Waals surface area contributed by atoms with Gasteiger partial charge < -0.3 is 0 Å². The fourth-order valence-electron chi connectivity index (χ4n) is 3.93. The van der Waals surface area contributed by atoms with Crippen LogP contribution in [0.3, 0.4) is 0 Å². The minimum atomic E-state index is -0.231. The number of hydrogen-bond acceptors (Lipinski definition) is 3. The Morgan fingerprint density at radius 1 is 0.833 bits per heavy atom. The van der Waals surface area contributed by atoms with Crippen LogP contribution in [0.5, 0.6) is 0 Å². The molecule has 0 aliphatic carbocycles. The summed E-state index contributed by atoms with van der Waals surface area (Å²) in [5.74, 6) is -0.231. The zero-order valence-corrected chi connectivity index (χ0v) is 17.3. The molecular formula is C26H19NO2S. The molecule has 0 bridgehead atoms. The van der Waals surface area contributed by atoms with Gasteiger partial charge in [0.25, 0.3) is 11.1 Å². The summed E-state index contributed by atoms with van der Waals surface area (Å²) >= 11 is 1.02. The quantitative estimate of drug-likeness (QED) is 0.285. The summed E-state index contributed by atoms with van der Waals surface area (Å²) in [5, 5.41) is 4.14. The van der Waals surface area contributed by atoms with Crippen LogP contribution in [0.25, 0.3) is 27.6 Å². The van der Waals surface area contributed by atoms with E-state index in [0.717, 1.165) is 50.0 Å². The van der Waals surface area contributed by atoms with E-state index in [1.165, 1.54) is 4.90 Å².